The van der Waals surface area contributed by atoms with Crippen LogP contribution in [-0.4, -0.2) is 10.6 Å². The predicted molar refractivity (Wildman–Crippen MR) is 58.4 cm³/mol. The zero-order valence-corrected chi connectivity index (χ0v) is 9.71. The molecule has 0 aliphatic heterocycles. The van der Waals surface area contributed by atoms with Crippen LogP contribution in [0.4, 0.5) is 4.39 Å². The maximum atomic E-state index is 12.9. The highest BCUT2D eigenvalue weighted by atomic mass is 79.9. The normalized spacial score (nSPS) is 11.9. The number of Topliss-reactive ketones (excluding diaryl/α,β-unsaturated/α-hetero) is 1. The number of ketones is 1. The highest BCUT2D eigenvalue weighted by Gasteiger charge is 2.16. The minimum Gasteiger partial charge on any atom is -0.293 e. The quantitative estimate of drug-likeness (QED) is 0.626. The second-order valence-electron chi connectivity index (χ2n) is 3.12. The molecule has 1 rings (SSSR count). The molecule has 0 aliphatic carbocycles. The number of rotatable bonds is 3. The number of alkyl halides is 1. The van der Waals surface area contributed by atoms with E-state index in [9.17, 15) is 9.18 Å². The van der Waals surface area contributed by atoms with Crippen molar-refractivity contribution in [2.24, 2.45) is 0 Å². The van der Waals surface area contributed by atoms with Gasteiger partial charge in [0.2, 0.25) is 0 Å². The molecule has 1 unspecified atom stereocenters. The highest BCUT2D eigenvalue weighted by Crippen LogP contribution is 2.16. The Balaban J connectivity index is 3.17. The molecule has 0 spiro atoms. The third-order valence-electron chi connectivity index (χ3n) is 1.96. The SMILES string of the molecule is CC(Br)C(=O)c1ccc(F)cc1CC#N. The number of benzene rings is 1. The van der Waals surface area contributed by atoms with Crippen LogP contribution in [0.5, 0.6) is 0 Å². The average Bonchev–Trinajstić information content (AvgIpc) is 2.17. The average molecular weight is 270 g/mol. The molecule has 0 saturated heterocycles. The van der Waals surface area contributed by atoms with Crippen LogP contribution >= 0.6 is 15.9 Å². The van der Waals surface area contributed by atoms with Gasteiger partial charge in [-0.2, -0.15) is 5.26 Å². The van der Waals surface area contributed by atoms with E-state index in [4.69, 9.17) is 5.26 Å². The summed E-state index contributed by atoms with van der Waals surface area (Å²) < 4.78 is 12.9. The fourth-order valence-electron chi connectivity index (χ4n) is 1.25. The summed E-state index contributed by atoms with van der Waals surface area (Å²) in [5.74, 6) is -0.570. The van der Waals surface area contributed by atoms with Gasteiger partial charge in [0.1, 0.15) is 5.82 Å². The molecule has 1 aromatic rings. The fourth-order valence-corrected chi connectivity index (χ4v) is 1.49. The van der Waals surface area contributed by atoms with Gasteiger partial charge in [0, 0.05) is 5.56 Å². The summed E-state index contributed by atoms with van der Waals surface area (Å²) in [4.78, 5) is 11.3. The first kappa shape index (κ1) is 11.9. The van der Waals surface area contributed by atoms with Gasteiger partial charge in [-0.15, -0.1) is 0 Å². The Morgan fingerprint density at radius 3 is 2.87 bits per heavy atom. The van der Waals surface area contributed by atoms with Gasteiger partial charge in [-0.3, -0.25) is 4.79 Å². The van der Waals surface area contributed by atoms with E-state index in [0.717, 1.165) is 0 Å². The monoisotopic (exact) mass is 269 g/mol. The van der Waals surface area contributed by atoms with Crippen molar-refractivity contribution in [3.8, 4) is 6.07 Å². The topological polar surface area (TPSA) is 40.9 Å². The van der Waals surface area contributed by atoms with Crippen LogP contribution in [0.15, 0.2) is 18.2 Å². The first-order valence-electron chi connectivity index (χ1n) is 4.40. The second kappa shape index (κ2) is 5.04. The van der Waals surface area contributed by atoms with Crippen LogP contribution in [-0.2, 0) is 6.42 Å². The molecule has 0 radical (unpaired) electrons. The Hall–Kier alpha value is -1.21. The van der Waals surface area contributed by atoms with Gasteiger partial charge in [-0.05, 0) is 30.7 Å². The van der Waals surface area contributed by atoms with E-state index in [2.05, 4.69) is 15.9 Å². The van der Waals surface area contributed by atoms with Crippen molar-refractivity contribution in [1.29, 1.82) is 5.26 Å². The number of carbonyl (C=O) groups excluding carboxylic acids is 1. The van der Waals surface area contributed by atoms with E-state index in [1.807, 2.05) is 6.07 Å². The van der Waals surface area contributed by atoms with E-state index in [0.29, 0.717) is 11.1 Å². The molecule has 1 aromatic carbocycles. The van der Waals surface area contributed by atoms with Crippen LogP contribution in [0.3, 0.4) is 0 Å². The summed E-state index contributed by atoms with van der Waals surface area (Å²) >= 11 is 3.15. The van der Waals surface area contributed by atoms with Crippen molar-refractivity contribution in [2.45, 2.75) is 18.2 Å². The maximum absolute atomic E-state index is 12.9. The van der Waals surface area contributed by atoms with Crippen LogP contribution in [0.2, 0.25) is 0 Å². The number of halogens is 2. The summed E-state index contributed by atoms with van der Waals surface area (Å²) in [6, 6.07) is 5.78. The highest BCUT2D eigenvalue weighted by molar-refractivity contribution is 9.10. The summed E-state index contributed by atoms with van der Waals surface area (Å²) in [5.41, 5.74) is 0.844. The van der Waals surface area contributed by atoms with Crippen LogP contribution in [0, 0.1) is 17.1 Å². The van der Waals surface area contributed by atoms with Crippen LogP contribution < -0.4 is 0 Å². The largest absolute Gasteiger partial charge is 0.293 e. The van der Waals surface area contributed by atoms with E-state index in [1.54, 1.807) is 6.92 Å². The Bertz CT molecular complexity index is 423. The van der Waals surface area contributed by atoms with Crippen molar-refractivity contribution >= 4 is 21.7 Å². The first-order valence-corrected chi connectivity index (χ1v) is 5.31. The lowest BCUT2D eigenvalue weighted by molar-refractivity contribution is 0.0995. The summed E-state index contributed by atoms with van der Waals surface area (Å²) in [7, 11) is 0. The lowest BCUT2D eigenvalue weighted by atomic mass is 10.00. The van der Waals surface area contributed by atoms with Crippen molar-refractivity contribution in [1.82, 2.24) is 0 Å². The molecule has 0 saturated carbocycles. The molecule has 0 aromatic heterocycles. The molecule has 4 heteroatoms. The third kappa shape index (κ3) is 2.87. The Kier molecular flexibility index (Phi) is 3.98. The first-order chi connectivity index (χ1) is 7.06. The van der Waals surface area contributed by atoms with Crippen molar-refractivity contribution in [2.75, 3.05) is 0 Å². The molecule has 0 bridgehead atoms. The molecule has 0 amide bonds. The van der Waals surface area contributed by atoms with Gasteiger partial charge in [0.15, 0.2) is 5.78 Å². The zero-order valence-electron chi connectivity index (χ0n) is 8.13. The minimum atomic E-state index is -0.431. The molecule has 15 heavy (non-hydrogen) atoms. The molecule has 78 valence electrons. The van der Waals surface area contributed by atoms with Gasteiger partial charge in [0.25, 0.3) is 0 Å². The van der Waals surface area contributed by atoms with Crippen LogP contribution in [0.1, 0.15) is 22.8 Å². The summed E-state index contributed by atoms with van der Waals surface area (Å²) in [5, 5.41) is 8.56. The molecule has 2 nitrogen and oxygen atoms in total. The Labute approximate surface area is 95.8 Å². The summed E-state index contributed by atoms with van der Waals surface area (Å²) in [6.45, 7) is 1.70. The van der Waals surface area contributed by atoms with E-state index >= 15 is 0 Å². The van der Waals surface area contributed by atoms with Gasteiger partial charge in [-0.1, -0.05) is 15.9 Å². The predicted octanol–water partition coefficient (Wildman–Crippen LogP) is 2.86. The number of hydrogen-bond donors (Lipinski definition) is 0. The lowest BCUT2D eigenvalue weighted by Crippen LogP contribution is -2.12. The number of nitrogens with zero attached hydrogens (tertiary/aromatic N) is 1. The number of hydrogen-bond acceptors (Lipinski definition) is 2. The minimum absolute atomic E-state index is 0.0402. The second-order valence-corrected chi connectivity index (χ2v) is 4.49. The number of nitriles is 1. The molecule has 1 atom stereocenters. The summed E-state index contributed by atoms with van der Waals surface area (Å²) in [6.07, 6.45) is 0.0402. The van der Waals surface area contributed by atoms with E-state index in [1.165, 1.54) is 18.2 Å². The molecule has 0 N–H and O–H groups in total. The maximum Gasteiger partial charge on any atom is 0.176 e. The van der Waals surface area contributed by atoms with Crippen molar-refractivity contribution in [3.63, 3.8) is 0 Å². The zero-order chi connectivity index (χ0) is 11.4. The van der Waals surface area contributed by atoms with Crippen LogP contribution in [0.25, 0.3) is 0 Å². The standard InChI is InChI=1S/C11H9BrFNO/c1-7(12)11(15)10-3-2-9(13)6-8(10)4-5-14/h2-3,6-7H,4H2,1H3. The van der Waals surface area contributed by atoms with Crippen molar-refractivity contribution < 1.29 is 9.18 Å². The van der Waals surface area contributed by atoms with E-state index in [-0.39, 0.29) is 17.0 Å². The Morgan fingerprint density at radius 1 is 1.67 bits per heavy atom. The Morgan fingerprint density at radius 2 is 2.33 bits per heavy atom. The molecule has 0 aliphatic rings. The smallest absolute Gasteiger partial charge is 0.176 e. The third-order valence-corrected chi connectivity index (χ3v) is 2.38. The fraction of sp³-hybridized carbons (Fsp3) is 0.273. The van der Waals surface area contributed by atoms with E-state index < -0.39 is 5.82 Å². The van der Waals surface area contributed by atoms with Crippen molar-refractivity contribution in [3.05, 3.63) is 35.1 Å². The molecule has 0 heterocycles. The number of carbonyl (C=O) groups is 1. The van der Waals surface area contributed by atoms with Gasteiger partial charge in [-0.25, -0.2) is 4.39 Å². The van der Waals surface area contributed by atoms with Gasteiger partial charge < -0.3 is 0 Å². The molecular weight excluding hydrogens is 261 g/mol. The van der Waals surface area contributed by atoms with Gasteiger partial charge in [0.05, 0.1) is 17.3 Å². The molecule has 0 fully saturated rings. The van der Waals surface area contributed by atoms with Gasteiger partial charge >= 0.3 is 0 Å². The molecular formula is C11H9BrFNO. The lowest BCUT2D eigenvalue weighted by Gasteiger charge is -2.07.